The summed E-state index contributed by atoms with van der Waals surface area (Å²) in [7, 11) is 0. The SMILES string of the molecule is CC(F)(c1cc2c(cc1C(F)(F)C(F)(F)C(F)(F)F)C(=O)C(C(O)C(F)(F)F)C2O)C(F)(F)C(F)(F)F. The van der Waals surface area contributed by atoms with Crippen molar-refractivity contribution in [3.8, 4) is 0 Å². The molecule has 0 aromatic heterocycles. The van der Waals surface area contributed by atoms with Gasteiger partial charge in [0.05, 0.1) is 12.0 Å². The Hall–Kier alpha value is -2.31. The first kappa shape index (κ1) is 30.9. The summed E-state index contributed by atoms with van der Waals surface area (Å²) in [5.41, 5.74) is -15.3. The van der Waals surface area contributed by atoms with E-state index in [9.17, 15) is 85.3 Å². The van der Waals surface area contributed by atoms with Crippen LogP contribution in [-0.4, -0.2) is 52.5 Å². The van der Waals surface area contributed by atoms with E-state index in [2.05, 4.69) is 0 Å². The second-order valence-electron chi connectivity index (χ2n) is 8.03. The lowest BCUT2D eigenvalue weighted by Crippen LogP contribution is -2.54. The largest absolute Gasteiger partial charge is 0.460 e. The van der Waals surface area contributed by atoms with Gasteiger partial charge in [0, 0.05) is 16.7 Å². The Balaban J connectivity index is 3.00. The number of hydrogen-bond acceptors (Lipinski definition) is 3. The van der Waals surface area contributed by atoms with E-state index in [4.69, 9.17) is 0 Å². The van der Waals surface area contributed by atoms with Gasteiger partial charge in [-0.05, 0) is 24.6 Å². The maximum Gasteiger partial charge on any atom is 0.460 e. The molecule has 0 radical (unpaired) electrons. The van der Waals surface area contributed by atoms with Crippen LogP contribution in [0.25, 0.3) is 0 Å². The molecule has 0 bridgehead atoms. The van der Waals surface area contributed by atoms with Gasteiger partial charge < -0.3 is 10.2 Å². The maximum absolute atomic E-state index is 15.0. The van der Waals surface area contributed by atoms with Crippen LogP contribution >= 0.6 is 0 Å². The van der Waals surface area contributed by atoms with Crippen molar-refractivity contribution in [1.82, 2.24) is 0 Å². The lowest BCUT2D eigenvalue weighted by Gasteiger charge is -2.36. The zero-order valence-electron chi connectivity index (χ0n) is 17.2. The third-order valence-corrected chi connectivity index (χ3v) is 5.63. The van der Waals surface area contributed by atoms with Crippen LogP contribution in [0.2, 0.25) is 0 Å². The second kappa shape index (κ2) is 8.34. The summed E-state index contributed by atoms with van der Waals surface area (Å²) in [5, 5.41) is 19.2. The molecule has 0 fully saturated rings. The fourth-order valence-corrected chi connectivity index (χ4v) is 3.54. The summed E-state index contributed by atoms with van der Waals surface area (Å²) < 4.78 is 214. The van der Waals surface area contributed by atoms with Gasteiger partial charge in [-0.25, -0.2) is 4.39 Å². The third kappa shape index (κ3) is 4.40. The molecule has 3 nitrogen and oxygen atoms in total. The minimum atomic E-state index is -7.32. The average Bonchev–Trinajstić information content (AvgIpc) is 2.93. The molecule has 0 saturated heterocycles. The molecule has 1 aliphatic carbocycles. The van der Waals surface area contributed by atoms with Crippen LogP contribution in [0.4, 0.5) is 70.2 Å². The number of alkyl halides is 16. The number of halogens is 16. The highest BCUT2D eigenvalue weighted by Gasteiger charge is 2.76. The first-order chi connectivity index (χ1) is 16.1. The Kier molecular flexibility index (Phi) is 6.97. The van der Waals surface area contributed by atoms with E-state index in [1.54, 1.807) is 0 Å². The van der Waals surface area contributed by atoms with Crippen LogP contribution in [0.15, 0.2) is 12.1 Å². The minimum absolute atomic E-state index is 0.781. The molecule has 2 rings (SSSR count). The Morgan fingerprint density at radius 3 is 1.54 bits per heavy atom. The van der Waals surface area contributed by atoms with Crippen molar-refractivity contribution < 1.29 is 85.3 Å². The average molecular weight is 578 g/mol. The van der Waals surface area contributed by atoms with Gasteiger partial charge in [-0.3, -0.25) is 4.79 Å². The number of Topliss-reactive ketones (excluding diaryl/α,β-unsaturated/α-hetero) is 1. The molecular weight excluding hydrogens is 568 g/mol. The highest BCUT2D eigenvalue weighted by Crippen LogP contribution is 2.58. The van der Waals surface area contributed by atoms with Crippen molar-refractivity contribution in [2.24, 2.45) is 5.92 Å². The molecular formula is C18H10F16O3. The lowest BCUT2D eigenvalue weighted by molar-refractivity contribution is -0.360. The van der Waals surface area contributed by atoms with Crippen molar-refractivity contribution in [2.75, 3.05) is 0 Å². The molecule has 0 amide bonds. The zero-order valence-corrected chi connectivity index (χ0v) is 17.2. The summed E-state index contributed by atoms with van der Waals surface area (Å²) in [6.45, 7) is -0.862. The molecule has 1 aliphatic rings. The van der Waals surface area contributed by atoms with Crippen LogP contribution in [-0.2, 0) is 11.6 Å². The summed E-state index contributed by atoms with van der Waals surface area (Å²) in [4.78, 5) is 12.2. The Morgan fingerprint density at radius 2 is 1.16 bits per heavy atom. The van der Waals surface area contributed by atoms with Crippen molar-refractivity contribution in [2.45, 2.75) is 61.1 Å². The molecule has 1 aromatic carbocycles. The highest BCUT2D eigenvalue weighted by atomic mass is 19.4. The number of benzene rings is 1. The predicted octanol–water partition coefficient (Wildman–Crippen LogP) is 6.13. The van der Waals surface area contributed by atoms with Crippen molar-refractivity contribution in [3.05, 3.63) is 34.4 Å². The van der Waals surface area contributed by atoms with Gasteiger partial charge in [-0.15, -0.1) is 0 Å². The van der Waals surface area contributed by atoms with Gasteiger partial charge >= 0.3 is 36.3 Å². The van der Waals surface area contributed by atoms with E-state index in [1.165, 1.54) is 0 Å². The van der Waals surface area contributed by atoms with Crippen LogP contribution in [0.5, 0.6) is 0 Å². The zero-order chi connectivity index (χ0) is 29.5. The summed E-state index contributed by atoms with van der Waals surface area (Å²) >= 11 is 0. The summed E-state index contributed by atoms with van der Waals surface area (Å²) in [6, 6.07) is -1.74. The Morgan fingerprint density at radius 1 is 0.730 bits per heavy atom. The molecule has 4 unspecified atom stereocenters. The molecule has 0 aliphatic heterocycles. The van der Waals surface area contributed by atoms with Gasteiger partial charge in [0.2, 0.25) is 5.67 Å². The van der Waals surface area contributed by atoms with E-state index in [1.807, 2.05) is 0 Å². The third-order valence-electron chi connectivity index (χ3n) is 5.63. The number of carbonyl (C=O) groups excluding carboxylic acids is 1. The van der Waals surface area contributed by atoms with Gasteiger partial charge in [-0.1, -0.05) is 0 Å². The van der Waals surface area contributed by atoms with E-state index in [0.717, 1.165) is 0 Å². The number of aliphatic hydroxyl groups is 2. The Bertz CT molecular complexity index is 1070. The molecule has 212 valence electrons. The van der Waals surface area contributed by atoms with E-state index < -0.39 is 107 Å². The summed E-state index contributed by atoms with van der Waals surface area (Å²) in [6.07, 6.45) is -27.0. The first-order valence-corrected chi connectivity index (χ1v) is 9.18. The van der Waals surface area contributed by atoms with Crippen molar-refractivity contribution >= 4 is 5.78 Å². The topological polar surface area (TPSA) is 57.5 Å². The van der Waals surface area contributed by atoms with Gasteiger partial charge in [-0.2, -0.15) is 65.9 Å². The maximum atomic E-state index is 15.0. The lowest BCUT2D eigenvalue weighted by atomic mass is 9.81. The number of rotatable bonds is 5. The summed E-state index contributed by atoms with van der Waals surface area (Å²) in [5.74, 6) is -26.5. The monoisotopic (exact) mass is 578 g/mol. The van der Waals surface area contributed by atoms with Crippen LogP contribution in [0.1, 0.15) is 40.1 Å². The van der Waals surface area contributed by atoms with Crippen LogP contribution in [0, 0.1) is 5.92 Å². The molecule has 19 heteroatoms. The van der Waals surface area contributed by atoms with Crippen LogP contribution in [0.3, 0.4) is 0 Å². The fraction of sp³-hybridized carbons (Fsp3) is 0.611. The number of carbonyl (C=O) groups is 1. The van der Waals surface area contributed by atoms with Crippen molar-refractivity contribution in [3.63, 3.8) is 0 Å². The van der Waals surface area contributed by atoms with E-state index in [0.29, 0.717) is 0 Å². The van der Waals surface area contributed by atoms with E-state index >= 15 is 0 Å². The molecule has 0 spiro atoms. The fourth-order valence-electron chi connectivity index (χ4n) is 3.54. The second-order valence-corrected chi connectivity index (χ2v) is 8.03. The molecule has 37 heavy (non-hydrogen) atoms. The Labute approximate surface area is 193 Å². The number of hydrogen-bond donors (Lipinski definition) is 2. The van der Waals surface area contributed by atoms with Crippen LogP contribution < -0.4 is 0 Å². The van der Waals surface area contributed by atoms with Gasteiger partial charge in [0.25, 0.3) is 0 Å². The van der Waals surface area contributed by atoms with Gasteiger partial charge in [0.15, 0.2) is 11.9 Å². The molecule has 2 N–H and O–H groups in total. The normalized spacial score (nSPS) is 22.6. The smallest absolute Gasteiger partial charge is 0.388 e. The number of ketones is 1. The quantitative estimate of drug-likeness (QED) is 0.414. The van der Waals surface area contributed by atoms with Gasteiger partial charge in [0.1, 0.15) is 0 Å². The molecule has 0 saturated carbocycles. The first-order valence-electron chi connectivity index (χ1n) is 9.18. The minimum Gasteiger partial charge on any atom is -0.388 e. The molecule has 0 heterocycles. The predicted molar refractivity (Wildman–Crippen MR) is 85.6 cm³/mol. The molecule has 4 atom stereocenters. The number of aliphatic hydroxyl groups excluding tert-OH is 2. The highest BCUT2D eigenvalue weighted by molar-refractivity contribution is 6.03. The van der Waals surface area contributed by atoms with Crippen molar-refractivity contribution in [1.29, 1.82) is 0 Å². The van der Waals surface area contributed by atoms with E-state index in [-0.39, 0.29) is 0 Å². The number of fused-ring (bicyclic) bond motifs is 1. The standard InChI is InChI=1S/C18H10F16O3/c1-12(19,15(25,26)17(29,30)31)6-2-4-5(10(36)8(9(4)35)11(37)14(22,23)24)3-7(6)13(20,21)16(27,28)18(32,33)34/h2-3,8-9,11,35,37H,1H3. The molecule has 1 aromatic rings.